The van der Waals surface area contributed by atoms with Crippen LogP contribution in [0, 0.1) is 13.8 Å². The molecule has 7 heteroatoms. The number of carbonyl (C=O) groups is 2. The third kappa shape index (κ3) is 6.12. The molecular formula is C22H20ClN3O3. The highest BCUT2D eigenvalue weighted by Gasteiger charge is 2.10. The number of aromatic nitrogens is 2. The van der Waals surface area contributed by atoms with Crippen molar-refractivity contribution in [3.63, 3.8) is 0 Å². The van der Waals surface area contributed by atoms with Crippen LogP contribution in [-0.2, 0) is 4.79 Å². The van der Waals surface area contributed by atoms with E-state index >= 15 is 0 Å². The lowest BCUT2D eigenvalue weighted by molar-refractivity contribution is -0.116. The fourth-order valence-electron chi connectivity index (χ4n) is 2.71. The topological polar surface area (TPSA) is 81.2 Å². The van der Waals surface area contributed by atoms with Gasteiger partial charge in [0.25, 0.3) is 0 Å². The number of carbonyl (C=O) groups excluding carboxylic acids is 2. The predicted molar refractivity (Wildman–Crippen MR) is 112 cm³/mol. The van der Waals surface area contributed by atoms with Crippen LogP contribution < -0.4 is 10.1 Å². The van der Waals surface area contributed by atoms with Gasteiger partial charge in [-0.25, -0.2) is 9.97 Å². The van der Waals surface area contributed by atoms with Crippen LogP contribution in [0.3, 0.4) is 0 Å². The number of hydrogen-bond donors (Lipinski definition) is 1. The molecule has 3 rings (SSSR count). The summed E-state index contributed by atoms with van der Waals surface area (Å²) in [6, 6.07) is 15.6. The summed E-state index contributed by atoms with van der Waals surface area (Å²) in [5, 5.41) is 3.34. The van der Waals surface area contributed by atoms with Gasteiger partial charge in [0.15, 0.2) is 5.78 Å². The minimum atomic E-state index is -0.257. The molecule has 3 aromatic rings. The number of halogens is 1. The van der Waals surface area contributed by atoms with E-state index in [9.17, 15) is 9.59 Å². The molecule has 1 aromatic heterocycles. The average Bonchev–Trinajstić information content (AvgIpc) is 2.66. The SMILES string of the molecule is Cc1cc(C)nc(Oc2cccc(NC(=O)CCC(=O)c3ccc(Cl)cc3)c2)n1. The molecule has 148 valence electrons. The van der Waals surface area contributed by atoms with Gasteiger partial charge in [-0.3, -0.25) is 9.59 Å². The number of ketones is 1. The zero-order valence-corrected chi connectivity index (χ0v) is 16.9. The van der Waals surface area contributed by atoms with E-state index in [-0.39, 0.29) is 30.5 Å². The summed E-state index contributed by atoms with van der Waals surface area (Å²) in [6.07, 6.45) is 0.187. The summed E-state index contributed by atoms with van der Waals surface area (Å²) in [5.41, 5.74) is 2.71. The molecule has 0 saturated carbocycles. The lowest BCUT2D eigenvalue weighted by Crippen LogP contribution is -2.13. The van der Waals surface area contributed by atoms with E-state index in [1.807, 2.05) is 19.9 Å². The number of benzene rings is 2. The number of ether oxygens (including phenoxy) is 1. The lowest BCUT2D eigenvalue weighted by Gasteiger charge is -2.09. The minimum Gasteiger partial charge on any atom is -0.424 e. The third-order valence-corrected chi connectivity index (χ3v) is 4.29. The molecule has 0 radical (unpaired) electrons. The second-order valence-corrected chi connectivity index (χ2v) is 6.98. The Morgan fingerprint density at radius 2 is 1.66 bits per heavy atom. The Morgan fingerprint density at radius 3 is 2.34 bits per heavy atom. The molecule has 0 aliphatic rings. The van der Waals surface area contributed by atoms with E-state index in [0.717, 1.165) is 11.4 Å². The highest BCUT2D eigenvalue weighted by atomic mass is 35.5. The van der Waals surface area contributed by atoms with Crippen LogP contribution in [0.15, 0.2) is 54.6 Å². The molecule has 6 nitrogen and oxygen atoms in total. The zero-order chi connectivity index (χ0) is 20.8. The van der Waals surface area contributed by atoms with Gasteiger partial charge in [-0.2, -0.15) is 0 Å². The predicted octanol–water partition coefficient (Wildman–Crippen LogP) is 5.14. The molecule has 0 unspecified atom stereocenters. The molecule has 1 N–H and O–H groups in total. The molecule has 0 aliphatic heterocycles. The number of anilines is 1. The number of amides is 1. The summed E-state index contributed by atoms with van der Waals surface area (Å²) in [4.78, 5) is 32.9. The first-order chi connectivity index (χ1) is 13.9. The quantitative estimate of drug-likeness (QED) is 0.546. The fraction of sp³-hybridized carbons (Fsp3) is 0.182. The van der Waals surface area contributed by atoms with Gasteiger partial charge in [0.1, 0.15) is 5.75 Å². The maximum Gasteiger partial charge on any atom is 0.322 e. The first-order valence-electron chi connectivity index (χ1n) is 9.08. The van der Waals surface area contributed by atoms with Crippen molar-refractivity contribution in [1.82, 2.24) is 9.97 Å². The molecule has 0 saturated heterocycles. The number of hydrogen-bond acceptors (Lipinski definition) is 5. The van der Waals surface area contributed by atoms with Gasteiger partial charge >= 0.3 is 6.01 Å². The highest BCUT2D eigenvalue weighted by Crippen LogP contribution is 2.22. The van der Waals surface area contributed by atoms with E-state index in [1.165, 1.54) is 0 Å². The van der Waals surface area contributed by atoms with E-state index in [2.05, 4.69) is 15.3 Å². The Kier molecular flexibility index (Phi) is 6.57. The molecule has 2 aromatic carbocycles. The van der Waals surface area contributed by atoms with Crippen molar-refractivity contribution >= 4 is 29.0 Å². The molecule has 29 heavy (non-hydrogen) atoms. The lowest BCUT2D eigenvalue weighted by atomic mass is 10.1. The number of rotatable bonds is 7. The molecule has 1 amide bonds. The van der Waals surface area contributed by atoms with Crippen LogP contribution in [0.25, 0.3) is 0 Å². The van der Waals surface area contributed by atoms with Gasteiger partial charge in [-0.1, -0.05) is 17.7 Å². The van der Waals surface area contributed by atoms with Gasteiger partial charge in [0.2, 0.25) is 5.91 Å². The monoisotopic (exact) mass is 409 g/mol. The van der Waals surface area contributed by atoms with E-state index < -0.39 is 0 Å². The molecule has 1 heterocycles. The van der Waals surface area contributed by atoms with Crippen LogP contribution in [0.5, 0.6) is 11.8 Å². The standard InChI is InChI=1S/C22H20ClN3O3/c1-14-12-15(2)25-22(24-14)29-19-5-3-4-18(13-19)26-21(28)11-10-20(27)16-6-8-17(23)9-7-16/h3-9,12-13H,10-11H2,1-2H3,(H,26,28). The summed E-state index contributed by atoms with van der Waals surface area (Å²) < 4.78 is 5.69. The van der Waals surface area contributed by atoms with Crippen molar-refractivity contribution in [3.05, 3.63) is 76.6 Å². The van der Waals surface area contributed by atoms with Crippen LogP contribution in [-0.4, -0.2) is 21.7 Å². The average molecular weight is 410 g/mol. The van der Waals surface area contributed by atoms with Crippen molar-refractivity contribution in [3.8, 4) is 11.8 Å². The van der Waals surface area contributed by atoms with Gasteiger partial charge in [-0.15, -0.1) is 0 Å². The first-order valence-corrected chi connectivity index (χ1v) is 9.46. The molecule has 0 atom stereocenters. The van der Waals surface area contributed by atoms with E-state index in [4.69, 9.17) is 16.3 Å². The number of aryl methyl sites for hydroxylation is 2. The normalized spacial score (nSPS) is 10.4. The number of Topliss-reactive ketones (excluding diaryl/α,β-unsaturated/α-hetero) is 1. The first kappa shape index (κ1) is 20.5. The maximum absolute atomic E-state index is 12.2. The summed E-state index contributed by atoms with van der Waals surface area (Å²) in [6.45, 7) is 3.73. The Bertz CT molecular complexity index is 1020. The van der Waals surface area contributed by atoms with Crippen LogP contribution in [0.1, 0.15) is 34.6 Å². The second kappa shape index (κ2) is 9.30. The highest BCUT2D eigenvalue weighted by molar-refractivity contribution is 6.30. The minimum absolute atomic E-state index is 0.0761. The zero-order valence-electron chi connectivity index (χ0n) is 16.1. The van der Waals surface area contributed by atoms with Crippen molar-refractivity contribution < 1.29 is 14.3 Å². The molecule has 0 bridgehead atoms. The van der Waals surface area contributed by atoms with Crippen molar-refractivity contribution in [2.45, 2.75) is 26.7 Å². The third-order valence-electron chi connectivity index (χ3n) is 4.03. The summed E-state index contributed by atoms with van der Waals surface area (Å²) in [7, 11) is 0. The molecule has 0 aliphatic carbocycles. The van der Waals surface area contributed by atoms with Crippen LogP contribution in [0.2, 0.25) is 5.02 Å². The number of nitrogens with zero attached hydrogens (tertiary/aromatic N) is 2. The van der Waals surface area contributed by atoms with Crippen LogP contribution in [0.4, 0.5) is 5.69 Å². The van der Waals surface area contributed by atoms with Gasteiger partial charge < -0.3 is 10.1 Å². The van der Waals surface area contributed by atoms with E-state index in [1.54, 1.807) is 48.5 Å². The Labute approximate surface area is 173 Å². The fourth-order valence-corrected chi connectivity index (χ4v) is 2.84. The molecule has 0 fully saturated rings. The Hall–Kier alpha value is -3.25. The van der Waals surface area contributed by atoms with Crippen molar-refractivity contribution in [2.75, 3.05) is 5.32 Å². The number of nitrogens with one attached hydrogen (secondary N) is 1. The van der Waals surface area contributed by atoms with Gasteiger partial charge in [0.05, 0.1) is 0 Å². The van der Waals surface area contributed by atoms with Gasteiger partial charge in [0, 0.05) is 46.6 Å². The summed E-state index contributed by atoms with van der Waals surface area (Å²) in [5.74, 6) is 0.137. The maximum atomic E-state index is 12.2. The molecule has 0 spiro atoms. The molecular weight excluding hydrogens is 390 g/mol. The van der Waals surface area contributed by atoms with E-state index in [0.29, 0.717) is 22.0 Å². The van der Waals surface area contributed by atoms with Gasteiger partial charge in [-0.05, 0) is 56.3 Å². The van der Waals surface area contributed by atoms with Crippen LogP contribution >= 0.6 is 11.6 Å². The second-order valence-electron chi connectivity index (χ2n) is 6.54. The Morgan fingerprint density at radius 1 is 0.966 bits per heavy atom. The summed E-state index contributed by atoms with van der Waals surface area (Å²) >= 11 is 5.82. The Balaban J connectivity index is 1.57. The van der Waals surface area contributed by atoms with Crippen molar-refractivity contribution in [1.29, 1.82) is 0 Å². The largest absolute Gasteiger partial charge is 0.424 e. The van der Waals surface area contributed by atoms with Crippen molar-refractivity contribution in [2.24, 2.45) is 0 Å². The smallest absolute Gasteiger partial charge is 0.322 e.